The van der Waals surface area contributed by atoms with E-state index in [2.05, 4.69) is 54.0 Å². The van der Waals surface area contributed by atoms with Crippen LogP contribution in [0.15, 0.2) is 60.7 Å². The molecular formula is C26H27ClN2O. The van der Waals surface area contributed by atoms with Crippen molar-refractivity contribution in [2.75, 3.05) is 6.61 Å². The predicted octanol–water partition coefficient (Wildman–Crippen LogP) is 6.67. The molecule has 4 aromatic rings. The summed E-state index contributed by atoms with van der Waals surface area (Å²) in [6, 6.07) is 20.9. The second-order valence-corrected chi connectivity index (χ2v) is 8.22. The van der Waals surface area contributed by atoms with E-state index in [4.69, 9.17) is 21.3 Å². The molecule has 3 aromatic carbocycles. The molecule has 0 fully saturated rings. The molecule has 0 aliphatic rings. The van der Waals surface area contributed by atoms with Gasteiger partial charge in [0.1, 0.15) is 11.6 Å². The Balaban J connectivity index is 1.50. The van der Waals surface area contributed by atoms with Crippen LogP contribution in [0.5, 0.6) is 5.75 Å². The quantitative estimate of drug-likeness (QED) is 0.313. The molecule has 0 aliphatic carbocycles. The van der Waals surface area contributed by atoms with E-state index < -0.39 is 0 Å². The van der Waals surface area contributed by atoms with Gasteiger partial charge in [-0.15, -0.1) is 0 Å². The molecule has 3 nitrogen and oxygen atoms in total. The lowest BCUT2D eigenvalue weighted by molar-refractivity contribution is 0.301. The lowest BCUT2D eigenvalue weighted by Crippen LogP contribution is -2.09. The number of hydrogen-bond acceptors (Lipinski definition) is 2. The van der Waals surface area contributed by atoms with E-state index in [0.29, 0.717) is 6.61 Å². The number of hydrogen-bond donors (Lipinski definition) is 0. The van der Waals surface area contributed by atoms with Crippen LogP contribution in [0.3, 0.4) is 0 Å². The minimum absolute atomic E-state index is 0.650. The van der Waals surface area contributed by atoms with Crippen molar-refractivity contribution >= 4 is 22.6 Å². The Hall–Kier alpha value is -2.78. The maximum atomic E-state index is 6.26. The fourth-order valence-electron chi connectivity index (χ4n) is 3.89. The van der Waals surface area contributed by atoms with Crippen molar-refractivity contribution in [2.24, 2.45) is 0 Å². The van der Waals surface area contributed by atoms with Crippen molar-refractivity contribution in [1.29, 1.82) is 0 Å². The monoisotopic (exact) mass is 418 g/mol. The SMILES string of the molecule is Cc1ccccc1Cc1nc2ccccc2n1CCCOc1cc(C)c(Cl)c(C)c1. The van der Waals surface area contributed by atoms with Crippen LogP contribution < -0.4 is 4.74 Å². The first-order valence-electron chi connectivity index (χ1n) is 10.4. The summed E-state index contributed by atoms with van der Waals surface area (Å²) in [4.78, 5) is 4.93. The van der Waals surface area contributed by atoms with Crippen LogP contribution in [0, 0.1) is 20.8 Å². The van der Waals surface area contributed by atoms with Gasteiger partial charge < -0.3 is 9.30 Å². The molecule has 0 spiro atoms. The highest BCUT2D eigenvalue weighted by atomic mass is 35.5. The Bertz CT molecular complexity index is 1160. The Morgan fingerprint density at radius 2 is 1.60 bits per heavy atom. The fourth-order valence-corrected chi connectivity index (χ4v) is 4.00. The number of aromatic nitrogens is 2. The highest BCUT2D eigenvalue weighted by Gasteiger charge is 2.12. The third-order valence-corrected chi connectivity index (χ3v) is 6.14. The van der Waals surface area contributed by atoms with Crippen molar-refractivity contribution in [3.8, 4) is 5.75 Å². The number of ether oxygens (including phenoxy) is 1. The van der Waals surface area contributed by atoms with Crippen molar-refractivity contribution in [3.05, 3.63) is 93.8 Å². The average molecular weight is 419 g/mol. The van der Waals surface area contributed by atoms with E-state index >= 15 is 0 Å². The van der Waals surface area contributed by atoms with Crippen LogP contribution in [0.25, 0.3) is 11.0 Å². The second-order valence-electron chi connectivity index (χ2n) is 7.84. The van der Waals surface area contributed by atoms with Crippen molar-refractivity contribution in [2.45, 2.75) is 40.2 Å². The minimum Gasteiger partial charge on any atom is -0.494 e. The second kappa shape index (κ2) is 8.93. The molecule has 0 saturated carbocycles. The van der Waals surface area contributed by atoms with Gasteiger partial charge in [0.15, 0.2) is 0 Å². The highest BCUT2D eigenvalue weighted by molar-refractivity contribution is 6.32. The number of halogens is 1. The van der Waals surface area contributed by atoms with E-state index in [1.165, 1.54) is 16.6 Å². The van der Waals surface area contributed by atoms with Gasteiger partial charge in [-0.3, -0.25) is 0 Å². The van der Waals surface area contributed by atoms with Crippen LogP contribution in [0.2, 0.25) is 5.02 Å². The molecule has 0 amide bonds. The number of para-hydroxylation sites is 2. The van der Waals surface area contributed by atoms with E-state index in [9.17, 15) is 0 Å². The van der Waals surface area contributed by atoms with Gasteiger partial charge in [-0.05, 0) is 73.7 Å². The molecule has 0 atom stereocenters. The number of nitrogens with zero attached hydrogens (tertiary/aromatic N) is 2. The molecule has 0 unspecified atom stereocenters. The number of benzene rings is 3. The fraction of sp³-hybridized carbons (Fsp3) is 0.269. The standard InChI is InChI=1S/C26H27ClN2O/c1-18-9-4-5-10-21(18)17-25-28-23-11-6-7-12-24(23)29(25)13-8-14-30-22-15-19(2)26(27)20(3)16-22/h4-7,9-12,15-16H,8,13-14,17H2,1-3H3. The van der Waals surface area contributed by atoms with E-state index in [0.717, 1.165) is 52.6 Å². The summed E-state index contributed by atoms with van der Waals surface area (Å²) in [5, 5.41) is 0.813. The zero-order chi connectivity index (χ0) is 21.1. The molecule has 0 bridgehead atoms. The Labute approximate surface area is 183 Å². The van der Waals surface area contributed by atoms with Crippen LogP contribution in [0.4, 0.5) is 0 Å². The predicted molar refractivity (Wildman–Crippen MR) is 125 cm³/mol. The van der Waals surface area contributed by atoms with Crippen molar-refractivity contribution in [1.82, 2.24) is 9.55 Å². The summed E-state index contributed by atoms with van der Waals surface area (Å²) >= 11 is 6.26. The number of imidazole rings is 1. The largest absolute Gasteiger partial charge is 0.494 e. The van der Waals surface area contributed by atoms with Crippen LogP contribution >= 0.6 is 11.6 Å². The summed E-state index contributed by atoms with van der Waals surface area (Å²) in [7, 11) is 0. The van der Waals surface area contributed by atoms with Crippen LogP contribution in [0.1, 0.15) is 34.5 Å². The molecule has 0 aliphatic heterocycles. The molecule has 4 rings (SSSR count). The maximum absolute atomic E-state index is 6.26. The smallest absolute Gasteiger partial charge is 0.119 e. The van der Waals surface area contributed by atoms with E-state index in [-0.39, 0.29) is 0 Å². The summed E-state index contributed by atoms with van der Waals surface area (Å²) in [6.07, 6.45) is 1.74. The lowest BCUT2D eigenvalue weighted by atomic mass is 10.1. The van der Waals surface area contributed by atoms with Gasteiger partial charge in [0.05, 0.1) is 17.6 Å². The third kappa shape index (κ3) is 4.36. The van der Waals surface area contributed by atoms with Gasteiger partial charge in [-0.25, -0.2) is 4.98 Å². The average Bonchev–Trinajstić information content (AvgIpc) is 3.08. The van der Waals surface area contributed by atoms with Gasteiger partial charge in [0.2, 0.25) is 0 Å². The zero-order valence-corrected chi connectivity index (χ0v) is 18.5. The molecule has 1 aromatic heterocycles. The normalized spacial score (nSPS) is 11.2. The summed E-state index contributed by atoms with van der Waals surface area (Å²) < 4.78 is 8.35. The molecule has 30 heavy (non-hydrogen) atoms. The first-order valence-corrected chi connectivity index (χ1v) is 10.8. The Kier molecular flexibility index (Phi) is 6.10. The molecule has 154 valence electrons. The van der Waals surface area contributed by atoms with Crippen LogP contribution in [-0.4, -0.2) is 16.2 Å². The van der Waals surface area contributed by atoms with Gasteiger partial charge in [-0.2, -0.15) is 0 Å². The van der Waals surface area contributed by atoms with Gasteiger partial charge in [0.25, 0.3) is 0 Å². The number of aryl methyl sites for hydroxylation is 4. The molecule has 1 heterocycles. The van der Waals surface area contributed by atoms with Crippen LogP contribution in [-0.2, 0) is 13.0 Å². The zero-order valence-electron chi connectivity index (χ0n) is 17.8. The molecule has 4 heteroatoms. The molecule has 0 saturated heterocycles. The minimum atomic E-state index is 0.650. The Morgan fingerprint density at radius 1 is 0.900 bits per heavy atom. The molecule has 0 N–H and O–H groups in total. The van der Waals surface area contributed by atoms with Gasteiger partial charge >= 0.3 is 0 Å². The third-order valence-electron chi connectivity index (χ3n) is 5.55. The van der Waals surface area contributed by atoms with Gasteiger partial charge in [0, 0.05) is 18.0 Å². The summed E-state index contributed by atoms with van der Waals surface area (Å²) in [5.74, 6) is 1.98. The maximum Gasteiger partial charge on any atom is 0.119 e. The molecular weight excluding hydrogens is 392 g/mol. The van der Waals surface area contributed by atoms with Crippen molar-refractivity contribution in [3.63, 3.8) is 0 Å². The number of fused-ring (bicyclic) bond motifs is 1. The highest BCUT2D eigenvalue weighted by Crippen LogP contribution is 2.26. The number of rotatable bonds is 7. The summed E-state index contributed by atoms with van der Waals surface area (Å²) in [5.41, 5.74) is 6.94. The lowest BCUT2D eigenvalue weighted by Gasteiger charge is -2.12. The molecule has 0 radical (unpaired) electrons. The Morgan fingerprint density at radius 3 is 2.37 bits per heavy atom. The first kappa shape index (κ1) is 20.5. The van der Waals surface area contributed by atoms with E-state index in [1.807, 2.05) is 32.0 Å². The van der Waals surface area contributed by atoms with Gasteiger partial charge in [-0.1, -0.05) is 48.0 Å². The first-order chi connectivity index (χ1) is 14.5. The van der Waals surface area contributed by atoms with Crippen molar-refractivity contribution < 1.29 is 4.74 Å². The van der Waals surface area contributed by atoms with E-state index in [1.54, 1.807) is 0 Å². The topological polar surface area (TPSA) is 27.1 Å². The summed E-state index contributed by atoms with van der Waals surface area (Å²) in [6.45, 7) is 7.70.